The van der Waals surface area contributed by atoms with Gasteiger partial charge in [-0.1, -0.05) is 27.7 Å². The zero-order valence-corrected chi connectivity index (χ0v) is 10.0. The minimum Gasteiger partial charge on any atom is -0.381 e. The molecule has 2 atom stereocenters. The number of hydrogen-bond acceptors (Lipinski definition) is 1. The van der Waals surface area contributed by atoms with Crippen LogP contribution in [-0.4, -0.2) is 13.2 Å². The van der Waals surface area contributed by atoms with Crippen molar-refractivity contribution in [2.45, 2.75) is 40.5 Å². The molecule has 0 N–H and O–H groups in total. The van der Waals surface area contributed by atoms with Gasteiger partial charge in [0.25, 0.3) is 0 Å². The molecule has 0 aromatic heterocycles. The summed E-state index contributed by atoms with van der Waals surface area (Å²) in [5.41, 5.74) is 0.610. The second-order valence-electron chi connectivity index (χ2n) is 6.01. The average molecular weight is 196 g/mol. The largest absolute Gasteiger partial charge is 0.381 e. The van der Waals surface area contributed by atoms with Crippen molar-refractivity contribution in [2.24, 2.45) is 29.1 Å². The van der Waals surface area contributed by atoms with Crippen molar-refractivity contribution in [3.63, 3.8) is 0 Å². The van der Waals surface area contributed by atoms with Crippen LogP contribution in [0, 0.1) is 29.1 Å². The van der Waals surface area contributed by atoms with Crippen LogP contribution >= 0.6 is 0 Å². The van der Waals surface area contributed by atoms with E-state index < -0.39 is 0 Å². The van der Waals surface area contributed by atoms with Crippen LogP contribution in [0.25, 0.3) is 0 Å². The van der Waals surface area contributed by atoms with Crippen molar-refractivity contribution in [1.29, 1.82) is 0 Å². The van der Waals surface area contributed by atoms with Crippen molar-refractivity contribution in [2.75, 3.05) is 13.2 Å². The van der Waals surface area contributed by atoms with Gasteiger partial charge in [0.2, 0.25) is 0 Å². The Morgan fingerprint density at radius 2 is 1.36 bits per heavy atom. The molecule has 2 rings (SSSR count). The minimum absolute atomic E-state index is 0.610. The summed E-state index contributed by atoms with van der Waals surface area (Å²) < 4.78 is 5.56. The zero-order chi connectivity index (χ0) is 10.3. The monoisotopic (exact) mass is 196 g/mol. The van der Waals surface area contributed by atoms with E-state index in [1.54, 1.807) is 0 Å². The fourth-order valence-electron chi connectivity index (χ4n) is 3.76. The number of ether oxygens (including phenoxy) is 1. The molecule has 0 amide bonds. The third-order valence-electron chi connectivity index (χ3n) is 4.91. The van der Waals surface area contributed by atoms with Crippen LogP contribution < -0.4 is 0 Å². The first-order chi connectivity index (χ1) is 6.56. The van der Waals surface area contributed by atoms with Gasteiger partial charge in [0.05, 0.1) is 0 Å². The molecule has 2 fully saturated rings. The molecule has 1 saturated carbocycles. The molecule has 0 aromatic rings. The van der Waals surface area contributed by atoms with Gasteiger partial charge in [0.1, 0.15) is 0 Å². The highest BCUT2D eigenvalue weighted by atomic mass is 16.5. The zero-order valence-electron chi connectivity index (χ0n) is 10.0. The van der Waals surface area contributed by atoms with E-state index >= 15 is 0 Å². The Balaban J connectivity index is 2.16. The molecule has 82 valence electrons. The van der Waals surface area contributed by atoms with Gasteiger partial charge < -0.3 is 4.74 Å². The van der Waals surface area contributed by atoms with E-state index in [4.69, 9.17) is 4.74 Å². The summed E-state index contributed by atoms with van der Waals surface area (Å²) in [6.07, 6.45) is 2.82. The standard InChI is InChI=1S/C13H24O/c1-9(2)13(10(3)4)5-11-7-14-8-12(11)6-13/h9-12H,5-8H2,1-4H3/t11-,12-/m1/s1. The summed E-state index contributed by atoms with van der Waals surface area (Å²) in [5.74, 6) is 3.40. The van der Waals surface area contributed by atoms with Gasteiger partial charge in [-0.15, -0.1) is 0 Å². The van der Waals surface area contributed by atoms with Crippen molar-refractivity contribution < 1.29 is 4.74 Å². The third-order valence-corrected chi connectivity index (χ3v) is 4.91. The molecule has 1 saturated heterocycles. The molecule has 14 heavy (non-hydrogen) atoms. The Morgan fingerprint density at radius 3 is 1.71 bits per heavy atom. The Morgan fingerprint density at radius 1 is 0.929 bits per heavy atom. The van der Waals surface area contributed by atoms with Gasteiger partial charge >= 0.3 is 0 Å². The molecule has 1 heterocycles. The second-order valence-corrected chi connectivity index (χ2v) is 6.01. The lowest BCUT2D eigenvalue weighted by Gasteiger charge is -2.38. The van der Waals surface area contributed by atoms with E-state index in [0.717, 1.165) is 36.9 Å². The number of fused-ring (bicyclic) bond motifs is 1. The van der Waals surface area contributed by atoms with E-state index in [1.807, 2.05) is 0 Å². The van der Waals surface area contributed by atoms with Crippen molar-refractivity contribution in [3.8, 4) is 0 Å². The fourth-order valence-corrected chi connectivity index (χ4v) is 3.76. The van der Waals surface area contributed by atoms with Crippen molar-refractivity contribution in [1.82, 2.24) is 0 Å². The average Bonchev–Trinajstić information content (AvgIpc) is 2.58. The molecule has 1 aliphatic carbocycles. The van der Waals surface area contributed by atoms with Gasteiger partial charge in [-0.3, -0.25) is 0 Å². The van der Waals surface area contributed by atoms with E-state index in [-0.39, 0.29) is 0 Å². The maximum Gasteiger partial charge on any atom is 0.0498 e. The SMILES string of the molecule is CC(C)C1(C(C)C)C[C@@H]2COC[C@H]2C1. The van der Waals surface area contributed by atoms with Gasteiger partial charge in [0.15, 0.2) is 0 Å². The molecule has 0 aromatic carbocycles. The molecular formula is C13H24O. The first-order valence-corrected chi connectivity index (χ1v) is 6.14. The van der Waals surface area contributed by atoms with E-state index in [1.165, 1.54) is 12.8 Å². The smallest absolute Gasteiger partial charge is 0.0498 e. The predicted octanol–water partition coefficient (Wildman–Crippen LogP) is 3.34. The van der Waals surface area contributed by atoms with Gasteiger partial charge in [0, 0.05) is 13.2 Å². The minimum atomic E-state index is 0.610. The summed E-state index contributed by atoms with van der Waals surface area (Å²) in [7, 11) is 0. The first kappa shape index (κ1) is 10.5. The maximum atomic E-state index is 5.56. The van der Waals surface area contributed by atoms with Gasteiger partial charge in [-0.25, -0.2) is 0 Å². The fraction of sp³-hybridized carbons (Fsp3) is 1.00. The van der Waals surface area contributed by atoms with E-state index in [0.29, 0.717) is 5.41 Å². The summed E-state index contributed by atoms with van der Waals surface area (Å²) >= 11 is 0. The molecule has 1 aliphatic heterocycles. The topological polar surface area (TPSA) is 9.23 Å². The summed E-state index contributed by atoms with van der Waals surface area (Å²) in [6, 6.07) is 0. The van der Waals surface area contributed by atoms with Crippen LogP contribution in [0.1, 0.15) is 40.5 Å². The van der Waals surface area contributed by atoms with E-state index in [9.17, 15) is 0 Å². The highest BCUT2D eigenvalue weighted by Crippen LogP contribution is 2.56. The van der Waals surface area contributed by atoms with Gasteiger partial charge in [-0.05, 0) is 41.9 Å². The second kappa shape index (κ2) is 3.52. The summed E-state index contributed by atoms with van der Waals surface area (Å²) in [5, 5.41) is 0. The van der Waals surface area contributed by atoms with Crippen LogP contribution in [0.15, 0.2) is 0 Å². The third kappa shape index (κ3) is 1.41. The normalized spacial score (nSPS) is 35.6. The van der Waals surface area contributed by atoms with Crippen molar-refractivity contribution >= 4 is 0 Å². The van der Waals surface area contributed by atoms with Crippen molar-refractivity contribution in [3.05, 3.63) is 0 Å². The maximum absolute atomic E-state index is 5.56. The van der Waals surface area contributed by atoms with Crippen LogP contribution in [0.3, 0.4) is 0 Å². The molecule has 2 aliphatic rings. The highest BCUT2D eigenvalue weighted by Gasteiger charge is 2.50. The molecular weight excluding hydrogens is 172 g/mol. The first-order valence-electron chi connectivity index (χ1n) is 6.14. The van der Waals surface area contributed by atoms with E-state index in [2.05, 4.69) is 27.7 Å². The Bertz CT molecular complexity index is 185. The molecule has 0 spiro atoms. The molecule has 1 nitrogen and oxygen atoms in total. The highest BCUT2D eigenvalue weighted by molar-refractivity contribution is 4.99. The Labute approximate surface area is 88.2 Å². The summed E-state index contributed by atoms with van der Waals surface area (Å²) in [4.78, 5) is 0. The quantitative estimate of drug-likeness (QED) is 0.658. The van der Waals surface area contributed by atoms with Crippen LogP contribution in [0.5, 0.6) is 0 Å². The lowest BCUT2D eigenvalue weighted by molar-refractivity contribution is 0.0779. The molecule has 0 unspecified atom stereocenters. The van der Waals surface area contributed by atoms with Gasteiger partial charge in [-0.2, -0.15) is 0 Å². The molecule has 0 radical (unpaired) electrons. The predicted molar refractivity (Wildman–Crippen MR) is 59.1 cm³/mol. The number of rotatable bonds is 2. The van der Waals surface area contributed by atoms with Crippen LogP contribution in [0.2, 0.25) is 0 Å². The molecule has 1 heteroatoms. The molecule has 0 bridgehead atoms. The summed E-state index contributed by atoms with van der Waals surface area (Å²) in [6.45, 7) is 11.7. The van der Waals surface area contributed by atoms with Crippen LogP contribution in [0.4, 0.5) is 0 Å². The number of hydrogen-bond donors (Lipinski definition) is 0. The lowest BCUT2D eigenvalue weighted by Crippen LogP contribution is -2.31. The Hall–Kier alpha value is -0.0400. The lowest BCUT2D eigenvalue weighted by atomic mass is 9.67. The Kier molecular flexibility index (Phi) is 2.63. The van der Waals surface area contributed by atoms with Crippen LogP contribution in [-0.2, 0) is 4.74 Å².